The number of nitrogens with one attached hydrogen (secondary N) is 1. The molecular formula is C14H24N2O. The van der Waals surface area contributed by atoms with Crippen LogP contribution in [0.5, 0.6) is 0 Å². The lowest BCUT2D eigenvalue weighted by molar-refractivity contribution is -0.132. The van der Waals surface area contributed by atoms with Crippen molar-refractivity contribution in [2.45, 2.75) is 51.1 Å². The van der Waals surface area contributed by atoms with E-state index in [1.54, 1.807) is 0 Å². The van der Waals surface area contributed by atoms with Gasteiger partial charge in [0.15, 0.2) is 0 Å². The Kier molecular flexibility index (Phi) is 2.89. The van der Waals surface area contributed by atoms with E-state index in [9.17, 15) is 4.79 Å². The van der Waals surface area contributed by atoms with E-state index in [4.69, 9.17) is 0 Å². The first kappa shape index (κ1) is 11.5. The lowest BCUT2D eigenvalue weighted by Gasteiger charge is -2.34. The molecule has 1 amide bonds. The summed E-state index contributed by atoms with van der Waals surface area (Å²) in [6.07, 6.45) is 6.66. The molecule has 1 heterocycles. The number of carbonyl (C=O) groups is 1. The van der Waals surface area contributed by atoms with E-state index in [1.807, 2.05) is 7.05 Å². The van der Waals surface area contributed by atoms with Crippen molar-refractivity contribution in [2.75, 3.05) is 13.6 Å². The molecule has 3 nitrogen and oxygen atoms in total. The summed E-state index contributed by atoms with van der Waals surface area (Å²) in [4.78, 5) is 14.3. The number of likely N-dealkylation sites (tertiary alicyclic amines) is 1. The molecule has 1 aliphatic heterocycles. The maximum atomic E-state index is 12.2. The van der Waals surface area contributed by atoms with Crippen molar-refractivity contribution in [3.63, 3.8) is 0 Å². The second-order valence-electron chi connectivity index (χ2n) is 6.24. The predicted octanol–water partition coefficient (Wildman–Crippen LogP) is 1.63. The van der Waals surface area contributed by atoms with Crippen LogP contribution in [0.15, 0.2) is 0 Å². The molecule has 0 spiro atoms. The Morgan fingerprint density at radius 1 is 1.29 bits per heavy atom. The van der Waals surface area contributed by atoms with Crippen LogP contribution in [0.4, 0.5) is 0 Å². The van der Waals surface area contributed by atoms with Crippen molar-refractivity contribution >= 4 is 5.91 Å². The maximum absolute atomic E-state index is 12.2. The molecule has 3 heteroatoms. The molecule has 0 aromatic carbocycles. The smallest absolute Gasteiger partial charge is 0.240 e. The highest BCUT2D eigenvalue weighted by Gasteiger charge is 2.45. The van der Waals surface area contributed by atoms with E-state index < -0.39 is 0 Å². The summed E-state index contributed by atoms with van der Waals surface area (Å²) in [6.45, 7) is 3.24. The van der Waals surface area contributed by atoms with Crippen molar-refractivity contribution in [1.82, 2.24) is 10.2 Å². The Bertz CT molecular complexity index is 317. The van der Waals surface area contributed by atoms with Gasteiger partial charge in [-0.1, -0.05) is 6.42 Å². The molecule has 2 saturated carbocycles. The van der Waals surface area contributed by atoms with Crippen LogP contribution in [0.3, 0.4) is 0 Å². The minimum absolute atomic E-state index is 0.0797. The standard InChI is InChI=1S/C14H24N2O/c1-9(12-8-10-3-4-11(12)7-10)16-6-5-13(15-2)14(16)17/h9-13,15H,3-8H2,1-2H3. The number of hydrogen-bond donors (Lipinski definition) is 1. The molecule has 3 fully saturated rings. The van der Waals surface area contributed by atoms with Crippen LogP contribution in [-0.2, 0) is 4.79 Å². The Hall–Kier alpha value is -0.570. The minimum atomic E-state index is 0.0797. The lowest BCUT2D eigenvalue weighted by Crippen LogP contribution is -2.44. The number of nitrogens with zero attached hydrogens (tertiary/aromatic N) is 1. The molecule has 3 aliphatic rings. The first-order chi connectivity index (χ1) is 8.20. The number of rotatable bonds is 3. The van der Waals surface area contributed by atoms with Gasteiger partial charge in [-0.05, 0) is 57.4 Å². The fourth-order valence-corrected chi connectivity index (χ4v) is 4.49. The first-order valence-electron chi connectivity index (χ1n) is 7.18. The van der Waals surface area contributed by atoms with Crippen molar-refractivity contribution in [3.05, 3.63) is 0 Å². The van der Waals surface area contributed by atoms with Gasteiger partial charge in [0.25, 0.3) is 0 Å². The fraction of sp³-hybridized carbons (Fsp3) is 0.929. The highest BCUT2D eigenvalue weighted by atomic mass is 16.2. The average Bonchev–Trinajstić information content (AvgIpc) is 3.02. The number of fused-ring (bicyclic) bond motifs is 2. The summed E-state index contributed by atoms with van der Waals surface area (Å²) >= 11 is 0. The molecule has 2 bridgehead atoms. The lowest BCUT2D eigenvalue weighted by atomic mass is 9.83. The van der Waals surface area contributed by atoms with E-state index in [0.29, 0.717) is 11.9 Å². The second kappa shape index (κ2) is 4.27. The predicted molar refractivity (Wildman–Crippen MR) is 67.6 cm³/mol. The third kappa shape index (κ3) is 1.79. The SMILES string of the molecule is CNC1CCN(C(C)C2CC3CCC2C3)C1=O. The summed E-state index contributed by atoms with van der Waals surface area (Å²) in [5.74, 6) is 3.01. The van der Waals surface area contributed by atoms with E-state index in [-0.39, 0.29) is 6.04 Å². The summed E-state index contributed by atoms with van der Waals surface area (Å²) in [5.41, 5.74) is 0. The van der Waals surface area contributed by atoms with Gasteiger partial charge in [0.1, 0.15) is 0 Å². The Balaban J connectivity index is 1.67. The molecule has 1 saturated heterocycles. The minimum Gasteiger partial charge on any atom is -0.338 e. The third-order valence-corrected chi connectivity index (χ3v) is 5.49. The first-order valence-corrected chi connectivity index (χ1v) is 7.18. The van der Waals surface area contributed by atoms with Crippen LogP contribution in [0.25, 0.3) is 0 Å². The van der Waals surface area contributed by atoms with Gasteiger partial charge in [0, 0.05) is 12.6 Å². The number of carbonyl (C=O) groups excluding carboxylic acids is 1. The van der Waals surface area contributed by atoms with Gasteiger partial charge in [-0.15, -0.1) is 0 Å². The van der Waals surface area contributed by atoms with Crippen LogP contribution in [0.1, 0.15) is 39.0 Å². The van der Waals surface area contributed by atoms with Gasteiger partial charge in [0.2, 0.25) is 5.91 Å². The van der Waals surface area contributed by atoms with Gasteiger partial charge in [-0.2, -0.15) is 0 Å². The van der Waals surface area contributed by atoms with Crippen LogP contribution >= 0.6 is 0 Å². The molecule has 5 unspecified atom stereocenters. The summed E-state index contributed by atoms with van der Waals surface area (Å²) in [5, 5.41) is 3.13. The summed E-state index contributed by atoms with van der Waals surface area (Å²) in [7, 11) is 1.90. The molecule has 17 heavy (non-hydrogen) atoms. The Morgan fingerprint density at radius 2 is 2.12 bits per heavy atom. The van der Waals surface area contributed by atoms with E-state index in [0.717, 1.165) is 30.7 Å². The van der Waals surface area contributed by atoms with E-state index >= 15 is 0 Å². The third-order valence-electron chi connectivity index (χ3n) is 5.49. The molecule has 2 aliphatic carbocycles. The van der Waals surface area contributed by atoms with Crippen LogP contribution in [-0.4, -0.2) is 36.5 Å². The molecule has 0 aromatic heterocycles. The normalized spacial score (nSPS) is 42.5. The molecule has 0 radical (unpaired) electrons. The molecule has 96 valence electrons. The molecule has 3 rings (SSSR count). The van der Waals surface area contributed by atoms with Crippen LogP contribution in [0.2, 0.25) is 0 Å². The van der Waals surface area contributed by atoms with Gasteiger partial charge >= 0.3 is 0 Å². The quantitative estimate of drug-likeness (QED) is 0.808. The van der Waals surface area contributed by atoms with Gasteiger partial charge in [0.05, 0.1) is 6.04 Å². The fourth-order valence-electron chi connectivity index (χ4n) is 4.49. The van der Waals surface area contributed by atoms with Crippen LogP contribution in [0, 0.1) is 17.8 Å². The summed E-state index contributed by atoms with van der Waals surface area (Å²) < 4.78 is 0. The zero-order valence-corrected chi connectivity index (χ0v) is 11.0. The highest BCUT2D eigenvalue weighted by molar-refractivity contribution is 5.84. The highest BCUT2D eigenvalue weighted by Crippen LogP contribution is 2.50. The Labute approximate surface area is 104 Å². The van der Waals surface area contributed by atoms with E-state index in [1.165, 1.54) is 25.7 Å². The molecule has 0 aromatic rings. The summed E-state index contributed by atoms with van der Waals surface area (Å²) in [6, 6.07) is 0.548. The Morgan fingerprint density at radius 3 is 2.65 bits per heavy atom. The van der Waals surface area contributed by atoms with Gasteiger partial charge in [-0.25, -0.2) is 0 Å². The van der Waals surface area contributed by atoms with Crippen molar-refractivity contribution in [1.29, 1.82) is 0 Å². The molecule has 5 atom stereocenters. The molecular weight excluding hydrogens is 212 g/mol. The topological polar surface area (TPSA) is 32.3 Å². The second-order valence-corrected chi connectivity index (χ2v) is 6.24. The zero-order valence-electron chi connectivity index (χ0n) is 11.0. The monoisotopic (exact) mass is 236 g/mol. The van der Waals surface area contributed by atoms with Gasteiger partial charge in [-0.3, -0.25) is 4.79 Å². The zero-order chi connectivity index (χ0) is 12.0. The number of likely N-dealkylation sites (N-methyl/N-ethyl adjacent to an activating group) is 1. The van der Waals surface area contributed by atoms with Crippen molar-refractivity contribution in [2.24, 2.45) is 17.8 Å². The van der Waals surface area contributed by atoms with E-state index in [2.05, 4.69) is 17.1 Å². The number of amides is 1. The van der Waals surface area contributed by atoms with Crippen molar-refractivity contribution < 1.29 is 4.79 Å². The average molecular weight is 236 g/mol. The van der Waals surface area contributed by atoms with Gasteiger partial charge < -0.3 is 10.2 Å². The largest absolute Gasteiger partial charge is 0.338 e. The van der Waals surface area contributed by atoms with Crippen LogP contribution < -0.4 is 5.32 Å². The number of hydrogen-bond acceptors (Lipinski definition) is 2. The van der Waals surface area contributed by atoms with Crippen molar-refractivity contribution in [3.8, 4) is 0 Å². The molecule has 1 N–H and O–H groups in total. The maximum Gasteiger partial charge on any atom is 0.240 e.